The minimum atomic E-state index is -1.13. The van der Waals surface area contributed by atoms with Crippen molar-refractivity contribution in [1.29, 1.82) is 0 Å². The lowest BCUT2D eigenvalue weighted by Crippen LogP contribution is -2.50. The second-order valence-electron chi connectivity index (χ2n) is 16.8. The Labute approximate surface area is 330 Å². The third-order valence-corrected chi connectivity index (χ3v) is 11.5. The van der Waals surface area contributed by atoms with Crippen LogP contribution in [-0.4, -0.2) is 57.8 Å². The third kappa shape index (κ3) is 39.3. The van der Waals surface area contributed by atoms with Gasteiger partial charge >= 0.3 is 0 Å². The number of nitrogens with one attached hydrogen (secondary N) is 1. The highest BCUT2D eigenvalue weighted by Gasteiger charge is 2.26. The molecule has 0 saturated carbocycles. The van der Waals surface area contributed by atoms with Crippen molar-refractivity contribution in [3.63, 3.8) is 0 Å². The second-order valence-corrected chi connectivity index (χ2v) is 16.8. The molecule has 1 unspecified atom stereocenters. The molecule has 0 spiro atoms. The first-order valence-corrected chi connectivity index (χ1v) is 23.9. The molecule has 0 rings (SSSR count). The lowest BCUT2D eigenvalue weighted by atomic mass is 9.99. The largest absolute Gasteiger partial charge is 0.396 e. The molecule has 0 aliphatic rings. The lowest BCUT2D eigenvalue weighted by Gasteiger charge is -2.26. The van der Waals surface area contributed by atoms with Crippen molar-refractivity contribution in [1.82, 2.24) is 5.32 Å². The Hall–Kier alpha value is -0.690. The van der Waals surface area contributed by atoms with Crippen molar-refractivity contribution >= 4 is 5.91 Å². The van der Waals surface area contributed by atoms with Crippen LogP contribution in [0.5, 0.6) is 0 Å². The SMILES string of the molecule is CCCCCCCCCCCCCCC(O)[C@@H](O)[C@@H](CO)NC(=O)CCCCCCCCCCCCCCCCCCCCCCCCCCCCO. The fourth-order valence-corrected chi connectivity index (χ4v) is 7.79. The Morgan fingerprint density at radius 2 is 0.698 bits per heavy atom. The van der Waals surface area contributed by atoms with Gasteiger partial charge in [-0.25, -0.2) is 0 Å². The van der Waals surface area contributed by atoms with E-state index < -0.39 is 18.2 Å². The van der Waals surface area contributed by atoms with Gasteiger partial charge in [0, 0.05) is 13.0 Å². The molecule has 318 valence electrons. The number of amides is 1. The third-order valence-electron chi connectivity index (χ3n) is 11.5. The minimum absolute atomic E-state index is 0.143. The topological polar surface area (TPSA) is 110 Å². The number of rotatable bonds is 45. The highest BCUT2D eigenvalue weighted by atomic mass is 16.3. The number of carbonyl (C=O) groups is 1. The van der Waals surface area contributed by atoms with Gasteiger partial charge in [-0.2, -0.15) is 0 Å². The monoisotopic (exact) mass is 754 g/mol. The summed E-state index contributed by atoms with van der Waals surface area (Å²) in [4.78, 5) is 12.4. The van der Waals surface area contributed by atoms with E-state index in [1.165, 1.54) is 199 Å². The van der Waals surface area contributed by atoms with Gasteiger partial charge in [-0.15, -0.1) is 0 Å². The molecule has 0 aromatic carbocycles. The summed E-state index contributed by atoms with van der Waals surface area (Å²) in [6.45, 7) is 2.25. The van der Waals surface area contributed by atoms with E-state index in [9.17, 15) is 20.1 Å². The van der Waals surface area contributed by atoms with Crippen LogP contribution >= 0.6 is 0 Å². The molecule has 0 heterocycles. The summed E-state index contributed by atoms with van der Waals surface area (Å²) in [5.74, 6) is -0.143. The van der Waals surface area contributed by atoms with Gasteiger partial charge in [0.15, 0.2) is 0 Å². The molecule has 3 atom stereocenters. The van der Waals surface area contributed by atoms with E-state index in [0.717, 1.165) is 44.9 Å². The van der Waals surface area contributed by atoms with E-state index in [1.54, 1.807) is 0 Å². The molecule has 6 heteroatoms. The van der Waals surface area contributed by atoms with Gasteiger partial charge in [0.1, 0.15) is 6.10 Å². The van der Waals surface area contributed by atoms with Crippen molar-refractivity contribution in [2.45, 2.75) is 282 Å². The van der Waals surface area contributed by atoms with E-state index in [1.807, 2.05) is 0 Å². The summed E-state index contributed by atoms with van der Waals surface area (Å²) < 4.78 is 0. The number of unbranched alkanes of at least 4 members (excludes halogenated alkanes) is 36. The molecular formula is C47H95NO5. The zero-order valence-corrected chi connectivity index (χ0v) is 35.6. The van der Waals surface area contributed by atoms with Crippen molar-refractivity contribution in [2.75, 3.05) is 13.2 Å². The molecule has 0 aliphatic carbocycles. The Bertz CT molecular complexity index is 706. The summed E-state index contributed by atoms with van der Waals surface area (Å²) in [6, 6.07) is -0.806. The molecule has 0 aromatic heterocycles. The molecule has 0 saturated heterocycles. The standard InChI is InChI=1S/C47H95NO5/c1-2-3-4-5-6-7-8-25-28-31-34-37-40-45(51)47(53)44(43-50)48-46(52)41-38-35-32-29-26-23-21-19-17-15-13-11-9-10-12-14-16-18-20-22-24-27-30-33-36-39-42-49/h44-45,47,49-51,53H,2-43H2,1H3,(H,48,52)/t44-,45?,47+/m1/s1. The molecule has 5 N–H and O–H groups in total. The molecule has 0 aromatic rings. The molecule has 0 bridgehead atoms. The maximum Gasteiger partial charge on any atom is 0.220 e. The maximum atomic E-state index is 12.4. The molecule has 6 nitrogen and oxygen atoms in total. The van der Waals surface area contributed by atoms with Crippen LogP contribution in [0.1, 0.15) is 264 Å². The Morgan fingerprint density at radius 1 is 0.415 bits per heavy atom. The van der Waals surface area contributed by atoms with Crippen LogP contribution in [0.2, 0.25) is 0 Å². The maximum absolute atomic E-state index is 12.4. The second kappa shape index (κ2) is 44.0. The summed E-state index contributed by atoms with van der Waals surface area (Å²) in [5, 5.41) is 42.3. The molecule has 1 amide bonds. The van der Waals surface area contributed by atoms with Crippen LogP contribution in [0.25, 0.3) is 0 Å². The first-order valence-electron chi connectivity index (χ1n) is 23.9. The average Bonchev–Trinajstić information content (AvgIpc) is 3.16. The lowest BCUT2D eigenvalue weighted by molar-refractivity contribution is -0.124. The zero-order chi connectivity index (χ0) is 38.7. The fourth-order valence-electron chi connectivity index (χ4n) is 7.79. The normalized spacial score (nSPS) is 13.4. The highest BCUT2D eigenvalue weighted by molar-refractivity contribution is 5.76. The highest BCUT2D eigenvalue weighted by Crippen LogP contribution is 2.18. The predicted molar refractivity (Wildman–Crippen MR) is 228 cm³/mol. The summed E-state index contributed by atoms with van der Waals surface area (Å²) in [5.41, 5.74) is 0. The number of aliphatic hydroxyl groups is 4. The van der Waals surface area contributed by atoms with E-state index in [2.05, 4.69) is 12.2 Å². The van der Waals surface area contributed by atoms with Gasteiger partial charge in [0.05, 0.1) is 18.8 Å². The first kappa shape index (κ1) is 52.3. The van der Waals surface area contributed by atoms with Gasteiger partial charge in [0.25, 0.3) is 0 Å². The van der Waals surface area contributed by atoms with Crippen LogP contribution in [0.15, 0.2) is 0 Å². The molecule has 0 fully saturated rings. The van der Waals surface area contributed by atoms with E-state index in [0.29, 0.717) is 19.4 Å². The Balaban J connectivity index is 3.48. The van der Waals surface area contributed by atoms with Gasteiger partial charge in [-0.3, -0.25) is 4.79 Å². The van der Waals surface area contributed by atoms with Gasteiger partial charge in [-0.1, -0.05) is 238 Å². The molecular weight excluding hydrogens is 659 g/mol. The van der Waals surface area contributed by atoms with E-state index in [-0.39, 0.29) is 12.5 Å². The Morgan fingerprint density at radius 3 is 1.00 bits per heavy atom. The van der Waals surface area contributed by atoms with Crippen molar-refractivity contribution in [3.8, 4) is 0 Å². The van der Waals surface area contributed by atoms with Crippen LogP contribution < -0.4 is 5.32 Å². The summed E-state index contributed by atoms with van der Waals surface area (Å²) in [6.07, 6.45) is 48.1. The van der Waals surface area contributed by atoms with Crippen LogP contribution in [0.4, 0.5) is 0 Å². The van der Waals surface area contributed by atoms with Gasteiger partial charge < -0.3 is 25.7 Å². The first-order chi connectivity index (χ1) is 26.1. The molecule has 0 radical (unpaired) electrons. The Kier molecular flexibility index (Phi) is 43.5. The van der Waals surface area contributed by atoms with Gasteiger partial charge in [-0.05, 0) is 19.3 Å². The molecule has 53 heavy (non-hydrogen) atoms. The van der Waals surface area contributed by atoms with Crippen LogP contribution in [-0.2, 0) is 4.79 Å². The number of hydrogen-bond acceptors (Lipinski definition) is 5. The van der Waals surface area contributed by atoms with Crippen molar-refractivity contribution < 1.29 is 25.2 Å². The molecule has 0 aliphatic heterocycles. The van der Waals surface area contributed by atoms with Crippen molar-refractivity contribution in [3.05, 3.63) is 0 Å². The van der Waals surface area contributed by atoms with Crippen molar-refractivity contribution in [2.24, 2.45) is 0 Å². The smallest absolute Gasteiger partial charge is 0.220 e. The number of aliphatic hydroxyl groups excluding tert-OH is 4. The number of carbonyl (C=O) groups excluding carboxylic acids is 1. The predicted octanol–water partition coefficient (Wildman–Crippen LogP) is 12.8. The fraction of sp³-hybridized carbons (Fsp3) is 0.979. The van der Waals surface area contributed by atoms with E-state index in [4.69, 9.17) is 5.11 Å². The zero-order valence-electron chi connectivity index (χ0n) is 35.6. The van der Waals surface area contributed by atoms with Crippen LogP contribution in [0, 0.1) is 0 Å². The minimum Gasteiger partial charge on any atom is -0.396 e. The van der Waals surface area contributed by atoms with Crippen LogP contribution in [0.3, 0.4) is 0 Å². The summed E-state index contributed by atoms with van der Waals surface area (Å²) in [7, 11) is 0. The van der Waals surface area contributed by atoms with E-state index >= 15 is 0 Å². The van der Waals surface area contributed by atoms with Gasteiger partial charge in [0.2, 0.25) is 5.91 Å². The number of hydrogen-bond donors (Lipinski definition) is 5. The quantitative estimate of drug-likeness (QED) is 0.0398. The average molecular weight is 754 g/mol. The summed E-state index contributed by atoms with van der Waals surface area (Å²) >= 11 is 0.